The van der Waals surface area contributed by atoms with Gasteiger partial charge in [-0.25, -0.2) is 13.2 Å². The first-order valence-electron chi connectivity index (χ1n) is 7.37. The maximum Gasteiger partial charge on any atom is 0.338 e. The molecular weight excluding hydrogens is 354 g/mol. The normalized spacial score (nSPS) is 18.8. The van der Waals surface area contributed by atoms with Crippen molar-refractivity contribution in [2.45, 2.75) is 17.1 Å². The number of methoxy groups -OCH3 is 1. The molecule has 0 aliphatic carbocycles. The van der Waals surface area contributed by atoms with Gasteiger partial charge in [0.25, 0.3) is 0 Å². The van der Waals surface area contributed by atoms with E-state index in [2.05, 4.69) is 4.74 Å². The van der Waals surface area contributed by atoms with Crippen molar-refractivity contribution in [1.82, 2.24) is 4.31 Å². The monoisotopic (exact) mass is 373 g/mol. The van der Waals surface area contributed by atoms with Crippen molar-refractivity contribution >= 4 is 33.7 Å². The number of hydrogen-bond donors (Lipinski definition) is 0. The molecule has 1 aromatic carbocycles. The second-order valence-corrected chi connectivity index (χ2v) is 8.24. The molecule has 0 amide bonds. The van der Waals surface area contributed by atoms with E-state index in [0.29, 0.717) is 12.3 Å². The van der Waals surface area contributed by atoms with Gasteiger partial charge < -0.3 is 9.47 Å². The third-order valence-electron chi connectivity index (χ3n) is 3.50. The first-order chi connectivity index (χ1) is 11.4. The summed E-state index contributed by atoms with van der Waals surface area (Å²) in [5.74, 6) is -0.418. The van der Waals surface area contributed by atoms with Crippen molar-refractivity contribution in [3.8, 4) is 0 Å². The van der Waals surface area contributed by atoms with E-state index in [0.717, 1.165) is 0 Å². The summed E-state index contributed by atoms with van der Waals surface area (Å²) in [6.45, 7) is 2.33. The molecule has 1 fully saturated rings. The Morgan fingerprint density at radius 2 is 1.96 bits per heavy atom. The summed E-state index contributed by atoms with van der Waals surface area (Å²) >= 11 is 1.38. The van der Waals surface area contributed by atoms with E-state index in [1.807, 2.05) is 0 Å². The molecule has 1 saturated heterocycles. The average Bonchev–Trinajstić information content (AvgIpc) is 2.61. The van der Waals surface area contributed by atoms with Crippen molar-refractivity contribution in [3.05, 3.63) is 29.8 Å². The predicted molar refractivity (Wildman–Crippen MR) is 89.4 cm³/mol. The topological polar surface area (TPSA) is 90.0 Å². The van der Waals surface area contributed by atoms with E-state index in [9.17, 15) is 18.0 Å². The van der Waals surface area contributed by atoms with Gasteiger partial charge in [0.05, 0.1) is 24.2 Å². The van der Waals surface area contributed by atoms with Crippen molar-refractivity contribution in [2.75, 3.05) is 32.6 Å². The summed E-state index contributed by atoms with van der Waals surface area (Å²) < 4.78 is 36.2. The largest absolute Gasteiger partial charge is 0.468 e. The Morgan fingerprint density at radius 3 is 2.54 bits per heavy atom. The molecule has 0 saturated carbocycles. The first kappa shape index (κ1) is 18.8. The van der Waals surface area contributed by atoms with Crippen LogP contribution in [-0.4, -0.2) is 62.5 Å². The minimum atomic E-state index is -3.73. The highest BCUT2D eigenvalue weighted by Crippen LogP contribution is 2.25. The molecule has 1 aliphatic rings. The number of hydrogen-bond acceptors (Lipinski definition) is 7. The fourth-order valence-electron chi connectivity index (χ4n) is 2.24. The lowest BCUT2D eigenvalue weighted by atomic mass is 10.2. The Balaban J connectivity index is 2.17. The molecule has 0 radical (unpaired) electrons. The standard InChI is InChI=1S/C15H19NO6S2/c1-3-22-14(17)11-4-6-12(7-5-11)24(19,20)16-8-9-23-13(10-16)15(18)21-2/h4-7,13H,3,8-10H2,1-2H3/t13-/m0/s1. The van der Waals surface area contributed by atoms with Crippen molar-refractivity contribution in [3.63, 3.8) is 0 Å². The third-order valence-corrected chi connectivity index (χ3v) is 6.54. The van der Waals surface area contributed by atoms with Crippen LogP contribution in [0.25, 0.3) is 0 Å². The zero-order valence-electron chi connectivity index (χ0n) is 13.4. The van der Waals surface area contributed by atoms with Gasteiger partial charge >= 0.3 is 11.9 Å². The zero-order valence-corrected chi connectivity index (χ0v) is 15.1. The molecule has 0 unspecified atom stereocenters. The average molecular weight is 373 g/mol. The van der Waals surface area contributed by atoms with Crippen LogP contribution in [0.4, 0.5) is 0 Å². The number of benzene rings is 1. The number of rotatable bonds is 5. The molecular formula is C15H19NO6S2. The van der Waals surface area contributed by atoms with Gasteiger partial charge in [-0.2, -0.15) is 4.31 Å². The number of esters is 2. The Morgan fingerprint density at radius 1 is 1.29 bits per heavy atom. The Bertz CT molecular complexity index is 701. The van der Waals surface area contributed by atoms with Gasteiger partial charge in [0.2, 0.25) is 10.0 Å². The summed E-state index contributed by atoms with van der Waals surface area (Å²) in [6, 6.07) is 5.58. The lowest BCUT2D eigenvalue weighted by molar-refractivity contribution is -0.140. The van der Waals surface area contributed by atoms with Crippen LogP contribution in [0.15, 0.2) is 29.2 Å². The van der Waals surface area contributed by atoms with Gasteiger partial charge in [-0.3, -0.25) is 4.79 Å². The number of thioether (sulfide) groups is 1. The van der Waals surface area contributed by atoms with Gasteiger partial charge in [0, 0.05) is 18.8 Å². The first-order valence-corrected chi connectivity index (χ1v) is 9.85. The molecule has 0 bridgehead atoms. The predicted octanol–water partition coefficient (Wildman–Crippen LogP) is 1.14. The van der Waals surface area contributed by atoms with E-state index in [4.69, 9.17) is 4.74 Å². The van der Waals surface area contributed by atoms with Gasteiger partial charge in [0.15, 0.2) is 0 Å². The molecule has 1 aliphatic heterocycles. The molecule has 0 N–H and O–H groups in total. The molecule has 24 heavy (non-hydrogen) atoms. The summed E-state index contributed by atoms with van der Waals surface area (Å²) in [4.78, 5) is 23.3. The van der Waals surface area contributed by atoms with E-state index < -0.39 is 27.2 Å². The Labute approximate surface area is 145 Å². The summed E-state index contributed by atoms with van der Waals surface area (Å²) in [6.07, 6.45) is 0. The lowest BCUT2D eigenvalue weighted by Gasteiger charge is -2.30. The van der Waals surface area contributed by atoms with Crippen LogP contribution in [0.2, 0.25) is 0 Å². The van der Waals surface area contributed by atoms with Crippen molar-refractivity contribution < 1.29 is 27.5 Å². The summed E-state index contributed by atoms with van der Waals surface area (Å²) in [5.41, 5.74) is 0.289. The molecule has 9 heteroatoms. The van der Waals surface area contributed by atoms with Crippen molar-refractivity contribution in [2.24, 2.45) is 0 Å². The highest BCUT2D eigenvalue weighted by Gasteiger charge is 2.34. The molecule has 1 heterocycles. The number of sulfonamides is 1. The molecule has 7 nitrogen and oxygen atoms in total. The number of nitrogens with zero attached hydrogens (tertiary/aromatic N) is 1. The molecule has 2 rings (SSSR count). The molecule has 1 atom stereocenters. The molecule has 132 valence electrons. The highest BCUT2D eigenvalue weighted by molar-refractivity contribution is 8.00. The van der Waals surface area contributed by atoms with Gasteiger partial charge in [-0.05, 0) is 31.2 Å². The molecule has 0 spiro atoms. The van der Waals surface area contributed by atoms with Crippen LogP contribution in [0.1, 0.15) is 17.3 Å². The van der Waals surface area contributed by atoms with Gasteiger partial charge in [-0.15, -0.1) is 11.8 Å². The van der Waals surface area contributed by atoms with Gasteiger partial charge in [-0.1, -0.05) is 0 Å². The quantitative estimate of drug-likeness (QED) is 0.715. The zero-order chi connectivity index (χ0) is 17.7. The summed E-state index contributed by atoms with van der Waals surface area (Å²) in [7, 11) is -2.45. The van der Waals surface area contributed by atoms with Crippen LogP contribution in [0.5, 0.6) is 0 Å². The molecule has 1 aromatic rings. The Kier molecular flexibility index (Phi) is 6.25. The second kappa shape index (κ2) is 8.00. The Hall–Kier alpha value is -1.58. The number of ether oxygens (including phenoxy) is 2. The van der Waals surface area contributed by atoms with E-state index in [1.54, 1.807) is 6.92 Å². The SMILES string of the molecule is CCOC(=O)c1ccc(S(=O)(=O)N2CCS[C@H](C(=O)OC)C2)cc1. The second-order valence-electron chi connectivity index (χ2n) is 4.99. The van der Waals surface area contributed by atoms with Crippen LogP contribution in [-0.2, 0) is 24.3 Å². The maximum atomic E-state index is 12.7. The van der Waals surface area contributed by atoms with Crippen LogP contribution in [0.3, 0.4) is 0 Å². The number of carbonyl (C=O) groups is 2. The van der Waals surface area contributed by atoms with Crippen LogP contribution >= 0.6 is 11.8 Å². The van der Waals surface area contributed by atoms with Gasteiger partial charge in [0.1, 0.15) is 5.25 Å². The summed E-state index contributed by atoms with van der Waals surface area (Å²) in [5, 5.41) is -0.530. The highest BCUT2D eigenvalue weighted by atomic mass is 32.2. The smallest absolute Gasteiger partial charge is 0.338 e. The fourth-order valence-corrected chi connectivity index (χ4v) is 5.04. The van der Waals surface area contributed by atoms with E-state index >= 15 is 0 Å². The van der Waals surface area contributed by atoms with Crippen LogP contribution < -0.4 is 0 Å². The van der Waals surface area contributed by atoms with Crippen LogP contribution in [0, 0.1) is 0 Å². The minimum Gasteiger partial charge on any atom is -0.468 e. The minimum absolute atomic E-state index is 0.0688. The lowest BCUT2D eigenvalue weighted by Crippen LogP contribution is -2.44. The van der Waals surface area contributed by atoms with Crippen molar-refractivity contribution in [1.29, 1.82) is 0 Å². The molecule has 0 aromatic heterocycles. The fraction of sp³-hybridized carbons (Fsp3) is 0.467. The maximum absolute atomic E-state index is 12.7. The third kappa shape index (κ3) is 4.08. The number of carbonyl (C=O) groups excluding carboxylic acids is 2. The van der Waals surface area contributed by atoms with E-state index in [-0.39, 0.29) is 23.6 Å². The van der Waals surface area contributed by atoms with E-state index in [1.165, 1.54) is 47.4 Å².